The number of hydrogen-bond donors (Lipinski definition) is 3. The molecule has 0 aliphatic carbocycles. The van der Waals surface area contributed by atoms with E-state index in [0.717, 1.165) is 11.4 Å². The zero-order chi connectivity index (χ0) is 13.1. The number of azo groups is 1. The molecule has 2 aromatic rings. The molecule has 0 radical (unpaired) electrons. The lowest BCUT2D eigenvalue weighted by molar-refractivity contribution is 0.450. The topological polar surface area (TPSA) is 136 Å². The summed E-state index contributed by atoms with van der Waals surface area (Å²) in [4.78, 5) is 26.0. The first-order chi connectivity index (χ1) is 8.60. The van der Waals surface area contributed by atoms with Crippen LogP contribution in [0.15, 0.2) is 19.8 Å². The molecule has 0 saturated carbocycles. The van der Waals surface area contributed by atoms with Gasteiger partial charge in [0.1, 0.15) is 5.01 Å². The molecule has 94 valence electrons. The maximum Gasteiger partial charge on any atom is 0.328 e. The Balaban J connectivity index is 2.34. The van der Waals surface area contributed by atoms with Crippen molar-refractivity contribution >= 4 is 22.2 Å². The lowest BCUT2D eigenvalue weighted by atomic mass is 10.5. The van der Waals surface area contributed by atoms with Crippen LogP contribution in [-0.4, -0.2) is 25.3 Å². The van der Waals surface area contributed by atoms with Gasteiger partial charge in [0, 0.05) is 0 Å². The maximum absolute atomic E-state index is 11.3. The van der Waals surface area contributed by atoms with Gasteiger partial charge in [-0.25, -0.2) is 4.79 Å². The molecule has 0 bridgehead atoms. The molecule has 10 heteroatoms. The van der Waals surface area contributed by atoms with E-state index >= 15 is 0 Å². The molecule has 2 aromatic heterocycles. The summed E-state index contributed by atoms with van der Waals surface area (Å²) >= 11 is 1.22. The van der Waals surface area contributed by atoms with E-state index in [2.05, 4.69) is 20.4 Å². The second-order valence-electron chi connectivity index (χ2n) is 3.14. The van der Waals surface area contributed by atoms with Crippen molar-refractivity contribution in [2.45, 2.75) is 13.3 Å². The predicted molar refractivity (Wildman–Crippen MR) is 62.8 cm³/mol. The Morgan fingerprint density at radius 3 is 2.67 bits per heavy atom. The first-order valence-electron chi connectivity index (χ1n) is 4.90. The SMILES string of the molecule is CCc1nnc(N=Nc2c(O)[nH]c(=O)[nH]c2=O)s1. The van der Waals surface area contributed by atoms with E-state index in [1.165, 1.54) is 11.3 Å². The predicted octanol–water partition coefficient (Wildman–Crippen LogP) is 0.598. The van der Waals surface area contributed by atoms with Crippen LogP contribution >= 0.6 is 11.3 Å². The zero-order valence-corrected chi connectivity index (χ0v) is 9.98. The van der Waals surface area contributed by atoms with Crippen LogP contribution in [0.1, 0.15) is 11.9 Å². The summed E-state index contributed by atoms with van der Waals surface area (Å²) in [6.07, 6.45) is 0.720. The van der Waals surface area contributed by atoms with Crippen molar-refractivity contribution < 1.29 is 5.11 Å². The monoisotopic (exact) mass is 268 g/mol. The van der Waals surface area contributed by atoms with Gasteiger partial charge in [0.25, 0.3) is 10.7 Å². The van der Waals surface area contributed by atoms with Crippen molar-refractivity contribution in [1.82, 2.24) is 20.2 Å². The van der Waals surface area contributed by atoms with Gasteiger partial charge < -0.3 is 5.11 Å². The Hall–Kier alpha value is -2.36. The number of rotatable bonds is 3. The van der Waals surface area contributed by atoms with Crippen LogP contribution in [0.2, 0.25) is 0 Å². The van der Waals surface area contributed by atoms with Crippen LogP contribution in [0.25, 0.3) is 0 Å². The lowest BCUT2D eigenvalue weighted by Gasteiger charge is -1.93. The summed E-state index contributed by atoms with van der Waals surface area (Å²) in [7, 11) is 0. The molecule has 3 N–H and O–H groups in total. The fraction of sp³-hybridized carbons (Fsp3) is 0.250. The van der Waals surface area contributed by atoms with Gasteiger partial charge in [-0.15, -0.1) is 20.4 Å². The van der Waals surface area contributed by atoms with Crippen molar-refractivity contribution in [2.75, 3.05) is 0 Å². The van der Waals surface area contributed by atoms with Crippen LogP contribution in [0.5, 0.6) is 5.88 Å². The average molecular weight is 268 g/mol. The van der Waals surface area contributed by atoms with Crippen LogP contribution < -0.4 is 11.2 Å². The summed E-state index contributed by atoms with van der Waals surface area (Å²) in [5.41, 5.74) is -2.04. The fourth-order valence-corrected chi connectivity index (χ4v) is 1.68. The molecule has 0 atom stereocenters. The Morgan fingerprint density at radius 1 is 1.28 bits per heavy atom. The van der Waals surface area contributed by atoms with Gasteiger partial charge in [0.2, 0.25) is 11.6 Å². The zero-order valence-electron chi connectivity index (χ0n) is 9.17. The molecular formula is C8H8N6O3S. The highest BCUT2D eigenvalue weighted by Gasteiger charge is 2.08. The number of aromatic hydroxyl groups is 1. The van der Waals surface area contributed by atoms with E-state index in [-0.39, 0.29) is 10.8 Å². The van der Waals surface area contributed by atoms with Gasteiger partial charge in [0.05, 0.1) is 0 Å². The molecule has 0 fully saturated rings. The minimum atomic E-state index is -0.833. The molecule has 0 spiro atoms. The van der Waals surface area contributed by atoms with Crippen molar-refractivity contribution in [3.8, 4) is 5.88 Å². The van der Waals surface area contributed by atoms with E-state index in [1.807, 2.05) is 16.9 Å². The normalized spacial score (nSPS) is 11.2. The summed E-state index contributed by atoms with van der Waals surface area (Å²) in [6.45, 7) is 1.92. The third kappa shape index (κ3) is 2.48. The number of aryl methyl sites for hydroxylation is 1. The largest absolute Gasteiger partial charge is 0.493 e. The maximum atomic E-state index is 11.3. The number of aromatic nitrogens is 4. The van der Waals surface area contributed by atoms with Gasteiger partial charge in [-0.05, 0) is 6.42 Å². The summed E-state index contributed by atoms with van der Waals surface area (Å²) < 4.78 is 0. The second-order valence-corrected chi connectivity index (χ2v) is 4.18. The van der Waals surface area contributed by atoms with Crippen molar-refractivity contribution in [2.24, 2.45) is 10.2 Å². The summed E-state index contributed by atoms with van der Waals surface area (Å²) in [5.74, 6) is -0.646. The Morgan fingerprint density at radius 2 is 2.06 bits per heavy atom. The van der Waals surface area contributed by atoms with E-state index in [0.29, 0.717) is 0 Å². The molecule has 0 amide bonds. The van der Waals surface area contributed by atoms with Crippen molar-refractivity contribution in [3.05, 3.63) is 25.8 Å². The highest BCUT2D eigenvalue weighted by atomic mass is 32.1. The summed E-state index contributed by atoms with van der Waals surface area (Å²) in [5, 5.41) is 25.1. The number of nitrogens with one attached hydrogen (secondary N) is 2. The van der Waals surface area contributed by atoms with Crippen LogP contribution in [-0.2, 0) is 6.42 Å². The Kier molecular flexibility index (Phi) is 3.28. The smallest absolute Gasteiger partial charge is 0.328 e. The molecular weight excluding hydrogens is 260 g/mol. The molecule has 0 unspecified atom stereocenters. The molecule has 18 heavy (non-hydrogen) atoms. The van der Waals surface area contributed by atoms with Crippen LogP contribution in [0.4, 0.5) is 10.8 Å². The summed E-state index contributed by atoms with van der Waals surface area (Å²) in [6, 6.07) is 0. The van der Waals surface area contributed by atoms with Crippen LogP contribution in [0.3, 0.4) is 0 Å². The third-order valence-electron chi connectivity index (χ3n) is 1.89. The molecule has 0 aromatic carbocycles. The van der Waals surface area contributed by atoms with Gasteiger partial charge in [-0.1, -0.05) is 18.3 Å². The standard InChI is InChI=1S/C8H8N6O3S/c1-2-3-11-13-8(18-3)14-12-4-5(15)9-7(17)10-6(4)16/h2H2,1H3,(H3,9,10,15,16,17). The minimum Gasteiger partial charge on any atom is -0.493 e. The number of nitrogens with zero attached hydrogens (tertiary/aromatic N) is 4. The third-order valence-corrected chi connectivity index (χ3v) is 2.84. The van der Waals surface area contributed by atoms with Gasteiger partial charge in [-0.3, -0.25) is 14.8 Å². The van der Waals surface area contributed by atoms with E-state index in [4.69, 9.17) is 0 Å². The molecule has 2 rings (SSSR count). The van der Waals surface area contributed by atoms with E-state index in [9.17, 15) is 14.7 Å². The molecule has 9 nitrogen and oxygen atoms in total. The van der Waals surface area contributed by atoms with Gasteiger partial charge >= 0.3 is 5.69 Å². The highest BCUT2D eigenvalue weighted by molar-refractivity contribution is 7.14. The van der Waals surface area contributed by atoms with Crippen molar-refractivity contribution in [1.29, 1.82) is 0 Å². The Labute approximate surface area is 103 Å². The Bertz CT molecular complexity index is 699. The molecule has 2 heterocycles. The lowest BCUT2D eigenvalue weighted by Crippen LogP contribution is -2.20. The van der Waals surface area contributed by atoms with Gasteiger partial charge in [0.15, 0.2) is 0 Å². The first-order valence-corrected chi connectivity index (χ1v) is 5.71. The van der Waals surface area contributed by atoms with E-state index < -0.39 is 17.1 Å². The fourth-order valence-electron chi connectivity index (χ4n) is 1.08. The number of H-pyrrole nitrogens is 2. The number of aromatic amines is 2. The second kappa shape index (κ2) is 4.87. The quantitative estimate of drug-likeness (QED) is 0.700. The minimum absolute atomic E-state index is 0.261. The van der Waals surface area contributed by atoms with Crippen molar-refractivity contribution in [3.63, 3.8) is 0 Å². The highest BCUT2D eigenvalue weighted by Crippen LogP contribution is 2.23. The van der Waals surface area contributed by atoms with Gasteiger partial charge in [-0.2, -0.15) is 0 Å². The van der Waals surface area contributed by atoms with E-state index in [1.54, 1.807) is 0 Å². The molecule has 0 saturated heterocycles. The van der Waals surface area contributed by atoms with Crippen LogP contribution in [0, 0.1) is 0 Å². The average Bonchev–Trinajstić information content (AvgIpc) is 2.75. The number of hydrogen-bond acceptors (Lipinski definition) is 8. The molecule has 0 aliphatic rings. The molecule has 0 aliphatic heterocycles. The first kappa shape index (κ1) is 12.1.